The quantitative estimate of drug-likeness (QED) is 0.0468. The van der Waals surface area contributed by atoms with Gasteiger partial charge in [0.25, 0.3) is 0 Å². The topological polar surface area (TPSA) is 128 Å². The van der Waals surface area contributed by atoms with Crippen molar-refractivity contribution in [3.8, 4) is 0 Å². The van der Waals surface area contributed by atoms with Crippen molar-refractivity contribution in [2.24, 2.45) is 17.6 Å². The van der Waals surface area contributed by atoms with Crippen molar-refractivity contribution < 1.29 is 29.0 Å². The minimum Gasteiger partial charge on any atom is -0.465 e. The van der Waals surface area contributed by atoms with Crippen molar-refractivity contribution in [2.45, 2.75) is 195 Å². The molecule has 0 bridgehead atoms. The molecule has 0 rings (SSSR count). The van der Waals surface area contributed by atoms with E-state index in [0.29, 0.717) is 26.2 Å². The number of unbranched alkanes of at least 4 members (excludes halogenated alkanes) is 20. The number of ether oxygens (including phenoxy) is 2. The first-order valence-electron chi connectivity index (χ1n) is 19.9. The van der Waals surface area contributed by atoms with Crippen LogP contribution in [0.1, 0.15) is 195 Å². The highest BCUT2D eigenvalue weighted by Crippen LogP contribution is 2.14. The van der Waals surface area contributed by atoms with Crippen molar-refractivity contribution in [1.82, 2.24) is 5.32 Å². The Labute approximate surface area is 290 Å². The van der Waals surface area contributed by atoms with Crippen molar-refractivity contribution in [2.75, 3.05) is 26.3 Å². The van der Waals surface area contributed by atoms with Gasteiger partial charge in [0.1, 0.15) is 0 Å². The molecule has 0 aliphatic heterocycles. The van der Waals surface area contributed by atoms with Crippen LogP contribution in [-0.2, 0) is 19.1 Å². The van der Waals surface area contributed by atoms with Gasteiger partial charge in [-0.2, -0.15) is 0 Å². The van der Waals surface area contributed by atoms with E-state index in [1.807, 2.05) is 0 Å². The lowest BCUT2D eigenvalue weighted by Crippen LogP contribution is -2.33. The maximum atomic E-state index is 12.1. The molecule has 0 aliphatic rings. The van der Waals surface area contributed by atoms with E-state index in [9.17, 15) is 14.4 Å². The molecule has 8 nitrogen and oxygen atoms in total. The Morgan fingerprint density at radius 2 is 0.830 bits per heavy atom. The number of nitrogens with one attached hydrogen (secondary N) is 1. The van der Waals surface area contributed by atoms with Crippen LogP contribution < -0.4 is 11.1 Å². The number of carbonyl (C=O) groups excluding carboxylic acids is 2. The summed E-state index contributed by atoms with van der Waals surface area (Å²) in [5.41, 5.74) is 5.64. The molecule has 0 saturated heterocycles. The highest BCUT2D eigenvalue weighted by Gasteiger charge is 2.20. The Hall–Kier alpha value is -1.83. The molecule has 0 saturated carbocycles. The van der Waals surface area contributed by atoms with Crippen LogP contribution in [-0.4, -0.2) is 49.4 Å². The van der Waals surface area contributed by atoms with Crippen LogP contribution in [0.25, 0.3) is 0 Å². The van der Waals surface area contributed by atoms with E-state index < -0.39 is 6.09 Å². The molecular formula is C39H78N2O6. The second-order valence-corrected chi connectivity index (χ2v) is 13.3. The second-order valence-electron chi connectivity index (χ2n) is 13.3. The molecule has 8 heteroatoms. The van der Waals surface area contributed by atoms with Crippen LogP contribution >= 0.6 is 0 Å². The molecule has 0 fully saturated rings. The molecule has 0 radical (unpaired) electrons. The van der Waals surface area contributed by atoms with Crippen LogP contribution in [0.2, 0.25) is 0 Å². The van der Waals surface area contributed by atoms with Gasteiger partial charge in [0, 0.05) is 13.1 Å². The number of nitrogens with two attached hydrogens (primary N) is 1. The van der Waals surface area contributed by atoms with E-state index >= 15 is 0 Å². The van der Waals surface area contributed by atoms with Gasteiger partial charge in [-0.15, -0.1) is 0 Å². The van der Waals surface area contributed by atoms with Gasteiger partial charge in [0.2, 0.25) is 0 Å². The van der Waals surface area contributed by atoms with Gasteiger partial charge in [0.15, 0.2) is 0 Å². The molecule has 280 valence electrons. The Bertz CT molecular complexity index is 690. The number of carbonyl (C=O) groups is 3. The Morgan fingerprint density at radius 1 is 0.511 bits per heavy atom. The molecule has 0 heterocycles. The molecule has 2 atom stereocenters. The molecule has 0 aromatic heterocycles. The standard InChI is InChI=1S/C20H39NO4.C19H39NO2/c1-3-5-7-8-9-10-11-12-13-14-16-25-19(22)18(15-6-4-2)17-21-20(23)24;1-3-5-7-8-9-10-11-12-13-14-16-22-19(21)18(17-20)15-6-4-2/h18,21H,3-17H2,1-2H3,(H,23,24);18H,3-17,20H2,1-2H3. The van der Waals surface area contributed by atoms with Gasteiger partial charge in [0.05, 0.1) is 25.0 Å². The van der Waals surface area contributed by atoms with Gasteiger partial charge < -0.3 is 25.6 Å². The lowest BCUT2D eigenvalue weighted by molar-refractivity contribution is -0.149. The van der Waals surface area contributed by atoms with Crippen LogP contribution in [0.5, 0.6) is 0 Å². The van der Waals surface area contributed by atoms with E-state index in [1.165, 1.54) is 109 Å². The molecule has 2 unspecified atom stereocenters. The zero-order chi connectivity index (χ0) is 35.2. The predicted molar refractivity (Wildman–Crippen MR) is 197 cm³/mol. The average Bonchev–Trinajstić information content (AvgIpc) is 3.06. The summed E-state index contributed by atoms with van der Waals surface area (Å²) in [4.78, 5) is 34.5. The molecule has 47 heavy (non-hydrogen) atoms. The first-order chi connectivity index (χ1) is 22.9. The number of carboxylic acid groups (broad SMARTS) is 1. The summed E-state index contributed by atoms with van der Waals surface area (Å²) in [5.74, 6) is -0.813. The Morgan fingerprint density at radius 3 is 1.17 bits per heavy atom. The average molecular weight is 671 g/mol. The molecular weight excluding hydrogens is 592 g/mol. The molecule has 0 aliphatic carbocycles. The normalized spacial score (nSPS) is 12.1. The van der Waals surface area contributed by atoms with Gasteiger partial charge in [-0.1, -0.05) is 169 Å². The fourth-order valence-corrected chi connectivity index (χ4v) is 5.51. The van der Waals surface area contributed by atoms with Gasteiger partial charge in [-0.05, 0) is 25.7 Å². The van der Waals surface area contributed by atoms with Gasteiger partial charge >= 0.3 is 18.0 Å². The minimum absolute atomic E-state index is 0.0909. The molecule has 0 aromatic rings. The minimum atomic E-state index is -1.09. The van der Waals surface area contributed by atoms with Crippen molar-refractivity contribution >= 4 is 18.0 Å². The van der Waals surface area contributed by atoms with Crippen LogP contribution in [0.15, 0.2) is 0 Å². The maximum absolute atomic E-state index is 12.1. The Kier molecular flexibility index (Phi) is 38.9. The molecule has 1 amide bonds. The number of hydrogen-bond donors (Lipinski definition) is 3. The zero-order valence-electron chi connectivity index (χ0n) is 31.4. The van der Waals surface area contributed by atoms with Crippen molar-refractivity contribution in [1.29, 1.82) is 0 Å². The zero-order valence-corrected chi connectivity index (χ0v) is 31.4. The summed E-state index contributed by atoms with van der Waals surface area (Å²) >= 11 is 0. The predicted octanol–water partition coefficient (Wildman–Crippen LogP) is 10.7. The van der Waals surface area contributed by atoms with E-state index in [-0.39, 0.29) is 30.3 Å². The van der Waals surface area contributed by atoms with Crippen molar-refractivity contribution in [3.05, 3.63) is 0 Å². The second kappa shape index (κ2) is 38.6. The monoisotopic (exact) mass is 671 g/mol. The van der Waals surface area contributed by atoms with Gasteiger partial charge in [-0.3, -0.25) is 9.59 Å². The summed E-state index contributed by atoms with van der Waals surface area (Å²) in [6.07, 6.45) is 29.9. The fourth-order valence-electron chi connectivity index (χ4n) is 5.51. The van der Waals surface area contributed by atoms with E-state index in [0.717, 1.165) is 51.4 Å². The van der Waals surface area contributed by atoms with Crippen LogP contribution in [0.4, 0.5) is 4.79 Å². The third kappa shape index (κ3) is 35.3. The number of hydrogen-bond acceptors (Lipinski definition) is 6. The van der Waals surface area contributed by atoms with E-state index in [4.69, 9.17) is 20.3 Å². The first kappa shape index (κ1) is 47.3. The Balaban J connectivity index is 0. The maximum Gasteiger partial charge on any atom is 0.404 e. The highest BCUT2D eigenvalue weighted by molar-refractivity contribution is 5.74. The summed E-state index contributed by atoms with van der Waals surface area (Å²) in [6, 6.07) is 0. The number of esters is 2. The number of amides is 1. The first-order valence-corrected chi connectivity index (χ1v) is 19.9. The summed E-state index contributed by atoms with van der Waals surface area (Å²) in [7, 11) is 0. The lowest BCUT2D eigenvalue weighted by Gasteiger charge is -2.15. The highest BCUT2D eigenvalue weighted by atomic mass is 16.5. The van der Waals surface area contributed by atoms with E-state index in [2.05, 4.69) is 33.0 Å². The van der Waals surface area contributed by atoms with Crippen LogP contribution in [0.3, 0.4) is 0 Å². The summed E-state index contributed by atoms with van der Waals surface area (Å²) < 4.78 is 10.7. The van der Waals surface area contributed by atoms with E-state index in [1.54, 1.807) is 0 Å². The number of rotatable bonds is 33. The fraction of sp³-hybridized carbons (Fsp3) is 0.923. The summed E-state index contributed by atoms with van der Waals surface area (Å²) in [6.45, 7) is 10.2. The molecule has 0 aromatic carbocycles. The third-order valence-corrected chi connectivity index (χ3v) is 8.75. The van der Waals surface area contributed by atoms with Crippen LogP contribution in [0, 0.1) is 11.8 Å². The lowest BCUT2D eigenvalue weighted by atomic mass is 10.0. The van der Waals surface area contributed by atoms with Gasteiger partial charge in [-0.25, -0.2) is 4.79 Å². The summed E-state index contributed by atoms with van der Waals surface area (Å²) in [5, 5.41) is 11.0. The third-order valence-electron chi connectivity index (χ3n) is 8.75. The molecule has 4 N–H and O–H groups in total. The SMILES string of the molecule is CCCCCCCCCCCCOC(=O)C(CCCC)CNC(=O)O.CCCCCCCCCCCCOC(=O)C(CN)CCCC. The smallest absolute Gasteiger partial charge is 0.404 e. The van der Waals surface area contributed by atoms with Crippen molar-refractivity contribution in [3.63, 3.8) is 0 Å². The molecule has 0 spiro atoms. The largest absolute Gasteiger partial charge is 0.465 e.